The molecule has 5 fully saturated rings. The Kier molecular flexibility index (Phi) is 26.5. The highest BCUT2D eigenvalue weighted by atomic mass is 32.3. The first-order valence-electron chi connectivity index (χ1n) is 25.9. The molecule has 96 heavy (non-hydrogen) atoms. The summed E-state index contributed by atoms with van der Waals surface area (Å²) in [6, 6.07) is -7.56. The lowest BCUT2D eigenvalue weighted by molar-refractivity contribution is -0.375. The molecule has 556 valence electrons. The van der Waals surface area contributed by atoms with Crippen LogP contribution in [0, 0.1) is 0 Å². The Morgan fingerprint density at radius 3 is 1.32 bits per heavy atom. The monoisotopic (exact) mass is 1530 g/mol. The number of amides is 1. The molecule has 0 aromatic rings. The summed E-state index contributed by atoms with van der Waals surface area (Å²) in [5.41, 5.74) is 0. The maximum absolute atomic E-state index is 13.1. The average Bonchev–Trinajstić information content (AvgIpc) is 0.774. The number of aliphatic hydroxyl groups excluding tert-OH is 9. The van der Waals surface area contributed by atoms with Crippen LogP contribution in [0.5, 0.6) is 0 Å². The number of carbonyl (C=O) groups is 4. The Labute approximate surface area is 536 Å². The Bertz CT molecular complexity index is 3510. The molecule has 0 spiro atoms. The van der Waals surface area contributed by atoms with E-state index in [0.717, 1.165) is 0 Å². The number of carboxylic acid groups (broad SMARTS) is 3. The van der Waals surface area contributed by atoms with E-state index in [1.807, 2.05) is 5.32 Å². The van der Waals surface area contributed by atoms with Crippen molar-refractivity contribution in [2.75, 3.05) is 19.8 Å². The van der Waals surface area contributed by atoms with Crippen LogP contribution in [-0.4, -0.2) is 355 Å². The van der Waals surface area contributed by atoms with Gasteiger partial charge in [0.05, 0.1) is 19.8 Å². The lowest BCUT2D eigenvalue weighted by Crippen LogP contribution is -2.71. The minimum Gasteiger partial charge on any atom is -0.479 e. The predicted molar refractivity (Wildman–Crippen MR) is 277 cm³/mol. The van der Waals surface area contributed by atoms with Gasteiger partial charge in [-0.2, -0.15) is 60.0 Å². The van der Waals surface area contributed by atoms with Crippen LogP contribution in [0.25, 0.3) is 0 Å². The van der Waals surface area contributed by atoms with Gasteiger partial charge in [-0.3, -0.25) is 32.1 Å². The maximum Gasteiger partial charge on any atom is 0.397 e. The molecule has 0 aromatic heterocycles. The van der Waals surface area contributed by atoms with Crippen molar-refractivity contribution < 1.29 is 227 Å². The predicted octanol–water partition coefficient (Wildman–Crippen LogP) is -14.4. The number of ether oxygens (including phenoxy) is 11. The van der Waals surface area contributed by atoms with Gasteiger partial charge in [-0.1, -0.05) is 0 Å². The maximum atomic E-state index is 13.1. The number of rotatable bonds is 29. The number of hydrogen-bond donors (Lipinski definition) is 21. The van der Waals surface area contributed by atoms with Crippen LogP contribution in [0.4, 0.5) is 0 Å². The van der Waals surface area contributed by atoms with Crippen LogP contribution in [0.3, 0.4) is 0 Å². The zero-order valence-electron chi connectivity index (χ0n) is 47.0. The van der Waals surface area contributed by atoms with Gasteiger partial charge in [-0.15, -0.1) is 0 Å². The van der Waals surface area contributed by atoms with Crippen LogP contribution in [0.15, 0.2) is 11.8 Å². The normalized spacial score (nSPS) is 39.9. The molecule has 52 nitrogen and oxygen atoms in total. The fourth-order valence-electron chi connectivity index (χ4n) is 9.93. The molecule has 0 bridgehead atoms. The summed E-state index contributed by atoms with van der Waals surface area (Å²) < 4.78 is 279. The van der Waals surface area contributed by atoms with Gasteiger partial charge in [0.25, 0.3) is 0 Å². The third-order valence-corrected chi connectivity index (χ3v) is 16.7. The zero-order chi connectivity index (χ0) is 72.6. The molecule has 1 amide bonds. The summed E-state index contributed by atoms with van der Waals surface area (Å²) in [5.74, 6) is -9.19. The van der Waals surface area contributed by atoms with Crippen molar-refractivity contribution in [1.29, 1.82) is 0 Å². The number of aliphatic carboxylic acids is 3. The number of aliphatic hydroxyl groups is 9. The highest BCUT2D eigenvalue weighted by Crippen LogP contribution is 2.39. The number of carboxylic acids is 3. The van der Waals surface area contributed by atoms with Crippen molar-refractivity contribution >= 4 is 86.0 Å². The molecule has 0 aromatic carbocycles. The molecule has 21 N–H and O–H groups in total. The summed E-state index contributed by atoms with van der Waals surface area (Å²) in [5, 5.41) is 133. The van der Waals surface area contributed by atoms with E-state index >= 15 is 0 Å². The average molecular weight is 1530 g/mol. The first-order valence-corrected chi connectivity index (χ1v) is 34.2. The fourth-order valence-corrected chi connectivity index (χ4v) is 12.7. The molecule has 28 unspecified atom stereocenters. The van der Waals surface area contributed by atoms with Gasteiger partial charge in [0.1, 0.15) is 110 Å². The second-order valence-corrected chi connectivity index (χ2v) is 27.1. The van der Waals surface area contributed by atoms with E-state index in [-0.39, 0.29) is 6.08 Å². The minimum atomic E-state index is -6.09. The molecule has 28 atom stereocenters. The lowest BCUT2D eigenvalue weighted by Gasteiger charge is -2.50. The summed E-state index contributed by atoms with van der Waals surface area (Å²) in [7, 11) is -34.2. The van der Waals surface area contributed by atoms with Crippen molar-refractivity contribution in [3.05, 3.63) is 11.8 Å². The number of carbonyl (C=O) groups excluding carboxylic acids is 1. The van der Waals surface area contributed by atoms with Crippen LogP contribution in [0.1, 0.15) is 6.92 Å². The van der Waals surface area contributed by atoms with E-state index in [0.29, 0.717) is 6.92 Å². The van der Waals surface area contributed by atoms with Gasteiger partial charge in [-0.25, -0.2) is 31.1 Å². The Morgan fingerprint density at radius 1 is 0.448 bits per heavy atom. The first kappa shape index (κ1) is 80.9. The Hall–Kier alpha value is -4.12. The van der Waals surface area contributed by atoms with Gasteiger partial charge in [0.15, 0.2) is 55.9 Å². The smallest absolute Gasteiger partial charge is 0.397 e. The van der Waals surface area contributed by atoms with Crippen LogP contribution >= 0.6 is 0 Å². The Balaban J connectivity index is 1.30. The van der Waals surface area contributed by atoms with Gasteiger partial charge < -0.3 is 119 Å². The third kappa shape index (κ3) is 21.5. The number of hydrogen-bond acceptors (Lipinski definition) is 40. The molecule has 58 heteroatoms. The van der Waals surface area contributed by atoms with Crippen LogP contribution in [-0.2, 0) is 150 Å². The van der Waals surface area contributed by atoms with Crippen molar-refractivity contribution in [2.24, 2.45) is 0 Å². The summed E-state index contributed by atoms with van der Waals surface area (Å²) in [4.78, 5) is 50.4. The molecule has 6 aliphatic rings. The quantitative estimate of drug-likeness (QED) is 0.0309. The molecule has 6 aliphatic heterocycles. The molecule has 6 rings (SSSR count). The van der Waals surface area contributed by atoms with E-state index in [9.17, 15) is 154 Å². The summed E-state index contributed by atoms with van der Waals surface area (Å²) >= 11 is 0. The van der Waals surface area contributed by atoms with Gasteiger partial charge in [-0.05, 0) is 6.08 Å². The summed E-state index contributed by atoms with van der Waals surface area (Å²) in [6.45, 7) is -4.00. The zero-order valence-corrected chi connectivity index (χ0v) is 51.9. The SMILES string of the molecule is CC(=O)NC1C(OC2C(C(=O)O)OC(OC3C(COS(=O)(=O)O)OC(O)C(NS(=O)(=O)O)C3O)C(O)C2O)OC(CO)C(OC2OC(C(=O)O)C(OC3OC(COS(=O)(=O)O)C(OC4OC(C(=O)O)=CC(O)C4OS(=O)(=O)O)C(O)C3NS(=O)(=O)O)C(O)C2OS(=O)(=O)O)C1O. The molecular formula is C38H59N3O49S6. The number of nitrogens with one attached hydrogen (secondary N) is 3. The fraction of sp³-hybridized carbons (Fsp3) is 0.842. The van der Waals surface area contributed by atoms with E-state index in [2.05, 4.69) is 16.7 Å². The summed E-state index contributed by atoms with van der Waals surface area (Å²) in [6.07, 6.45) is -67.2. The topological polar surface area (TPSA) is 812 Å². The van der Waals surface area contributed by atoms with E-state index in [4.69, 9.17) is 56.7 Å². The van der Waals surface area contributed by atoms with Gasteiger partial charge >= 0.3 is 80.1 Å². The van der Waals surface area contributed by atoms with Crippen LogP contribution in [0.2, 0.25) is 0 Å². The molecule has 0 saturated carbocycles. The second kappa shape index (κ2) is 31.4. The van der Waals surface area contributed by atoms with Crippen molar-refractivity contribution in [3.63, 3.8) is 0 Å². The standard InChI is InChI=1S/C38H59N3O49S6/c1-6(43)39-13-16(46)22(9(3-42)80-34(13)85-25-18(48)19(49)36(87-28(25)31(53)54)82-23-10(4-76-93(64,65)66)78-33(57)12(15(23)45)40-91(58,59)60)83-38-27(90-96(73,74)75)20(50)26(29(88-38)32(55)56)86-35-14(41-92(61,62)63)17(47)24(11(81-35)5-77-94(67,68)69)84-37-21(89-95(70,71)72)7(44)2-8(79-37)30(51)52/h2,7,9-29,33-38,40-42,44-50,57H,3-5H2,1H3,(H,39,43)(H,51,52)(H,53,54)(H,55,56)(H,58,59,60)(H,61,62,63)(H,64,65,66)(H,67,68,69)(H,70,71,72)(H,73,74,75). The molecule has 5 saturated heterocycles. The lowest BCUT2D eigenvalue weighted by atomic mass is 9.94. The highest BCUT2D eigenvalue weighted by Gasteiger charge is 2.61. The first-order chi connectivity index (χ1) is 43.9. The van der Waals surface area contributed by atoms with Crippen molar-refractivity contribution in [1.82, 2.24) is 14.8 Å². The highest BCUT2D eigenvalue weighted by molar-refractivity contribution is 7.84. The van der Waals surface area contributed by atoms with E-state index in [1.54, 1.807) is 0 Å². The minimum absolute atomic E-state index is 0.254. The molecule has 0 radical (unpaired) electrons. The van der Waals surface area contributed by atoms with Crippen LogP contribution < -0.4 is 14.8 Å². The molecule has 0 aliphatic carbocycles. The third-order valence-electron chi connectivity index (χ3n) is 13.8. The molecule has 6 heterocycles. The van der Waals surface area contributed by atoms with Crippen molar-refractivity contribution in [3.8, 4) is 0 Å². The van der Waals surface area contributed by atoms with E-state index in [1.165, 1.54) is 9.44 Å². The Morgan fingerprint density at radius 2 is 0.854 bits per heavy atom. The largest absolute Gasteiger partial charge is 0.479 e. The molecular weight excluding hydrogens is 1470 g/mol. The van der Waals surface area contributed by atoms with Crippen molar-refractivity contribution in [2.45, 2.75) is 179 Å². The van der Waals surface area contributed by atoms with Gasteiger partial charge in [0.2, 0.25) is 18.0 Å². The van der Waals surface area contributed by atoms with E-state index < -0.39 is 283 Å². The van der Waals surface area contributed by atoms with Gasteiger partial charge in [0, 0.05) is 6.92 Å². The second-order valence-electron chi connectivity index (χ2n) is 20.5.